The second kappa shape index (κ2) is 5.00. The van der Waals surface area contributed by atoms with E-state index in [-0.39, 0.29) is 0 Å². The first-order valence-electron chi connectivity index (χ1n) is 7.30. The van der Waals surface area contributed by atoms with Crippen LogP contribution < -0.4 is 0 Å². The molecule has 106 valence electrons. The molecule has 0 unspecified atom stereocenters. The van der Waals surface area contributed by atoms with Crippen molar-refractivity contribution >= 4 is 26.8 Å². The van der Waals surface area contributed by atoms with Crippen LogP contribution in [0.15, 0.2) is 53.0 Å². The Morgan fingerprint density at radius 1 is 1.05 bits per heavy atom. The zero-order chi connectivity index (χ0) is 14.4. The molecule has 0 N–H and O–H groups in total. The molecule has 1 aliphatic heterocycles. The van der Waals surface area contributed by atoms with Crippen LogP contribution in [0, 0.1) is 0 Å². The summed E-state index contributed by atoms with van der Waals surface area (Å²) in [4.78, 5) is 2.40. The molecule has 2 aromatic carbocycles. The van der Waals surface area contributed by atoms with Crippen LogP contribution >= 0.6 is 15.9 Å². The first kappa shape index (κ1) is 13.1. The molecule has 1 aliphatic rings. The summed E-state index contributed by atoms with van der Waals surface area (Å²) >= 11 is 3.62. The van der Waals surface area contributed by atoms with E-state index in [0.717, 1.165) is 24.0 Å². The molecule has 2 heterocycles. The minimum atomic E-state index is 1.03. The smallest absolute Gasteiger partial charge is 0.0535 e. The van der Waals surface area contributed by atoms with Crippen LogP contribution in [0.3, 0.4) is 0 Å². The molecular weight excluding hydrogens is 324 g/mol. The Hall–Kier alpha value is -1.58. The van der Waals surface area contributed by atoms with Gasteiger partial charge in [-0.05, 0) is 42.9 Å². The molecule has 4 rings (SSSR count). The molecule has 0 amide bonds. The van der Waals surface area contributed by atoms with E-state index in [2.05, 4.69) is 81.0 Å². The van der Waals surface area contributed by atoms with Crippen molar-refractivity contribution in [3.8, 4) is 5.69 Å². The molecule has 21 heavy (non-hydrogen) atoms. The van der Waals surface area contributed by atoms with Gasteiger partial charge in [0.05, 0.1) is 5.52 Å². The predicted octanol–water partition coefficient (Wildman–Crippen LogP) is 4.38. The lowest BCUT2D eigenvalue weighted by Crippen LogP contribution is -2.27. The van der Waals surface area contributed by atoms with Crippen molar-refractivity contribution in [3.63, 3.8) is 0 Å². The predicted molar refractivity (Wildman–Crippen MR) is 91.0 cm³/mol. The normalized spacial score (nSPS) is 15.3. The SMILES string of the molecule is CN1CCc2c(c3cc(Br)ccc3n2-c2ccccc2)C1. The Kier molecular flexibility index (Phi) is 3.12. The molecule has 0 bridgehead atoms. The summed E-state index contributed by atoms with van der Waals surface area (Å²) in [6.07, 6.45) is 1.10. The molecule has 0 atom stereocenters. The van der Waals surface area contributed by atoms with Gasteiger partial charge < -0.3 is 9.47 Å². The van der Waals surface area contributed by atoms with Gasteiger partial charge in [-0.25, -0.2) is 0 Å². The van der Waals surface area contributed by atoms with E-state index in [1.165, 1.54) is 27.8 Å². The maximum Gasteiger partial charge on any atom is 0.0535 e. The Bertz CT molecular complexity index is 805. The fraction of sp³-hybridized carbons (Fsp3) is 0.222. The summed E-state index contributed by atoms with van der Waals surface area (Å²) in [5.41, 5.74) is 5.51. The third-order valence-corrected chi connectivity index (χ3v) is 4.81. The largest absolute Gasteiger partial charge is 0.313 e. The Balaban J connectivity index is 2.06. The van der Waals surface area contributed by atoms with Crippen LogP contribution in [0.2, 0.25) is 0 Å². The number of para-hydroxylation sites is 1. The van der Waals surface area contributed by atoms with Crippen molar-refractivity contribution in [2.75, 3.05) is 13.6 Å². The monoisotopic (exact) mass is 340 g/mol. The molecule has 0 aliphatic carbocycles. The van der Waals surface area contributed by atoms with E-state index < -0.39 is 0 Å². The second-order valence-corrected chi connectivity index (χ2v) is 6.66. The fourth-order valence-corrected chi connectivity index (χ4v) is 3.70. The molecule has 0 radical (unpaired) electrons. The minimum absolute atomic E-state index is 1.03. The zero-order valence-corrected chi connectivity index (χ0v) is 13.6. The topological polar surface area (TPSA) is 8.17 Å². The van der Waals surface area contributed by atoms with Gasteiger partial charge in [-0.15, -0.1) is 0 Å². The Morgan fingerprint density at radius 2 is 1.86 bits per heavy atom. The number of hydrogen-bond donors (Lipinski definition) is 0. The number of halogens is 1. The maximum absolute atomic E-state index is 3.62. The maximum atomic E-state index is 3.62. The van der Waals surface area contributed by atoms with Gasteiger partial charge in [0.2, 0.25) is 0 Å². The highest BCUT2D eigenvalue weighted by Gasteiger charge is 2.22. The highest BCUT2D eigenvalue weighted by atomic mass is 79.9. The van der Waals surface area contributed by atoms with E-state index >= 15 is 0 Å². The van der Waals surface area contributed by atoms with E-state index in [1.54, 1.807) is 0 Å². The van der Waals surface area contributed by atoms with Crippen LogP contribution in [-0.4, -0.2) is 23.1 Å². The van der Waals surface area contributed by atoms with Gasteiger partial charge in [0.25, 0.3) is 0 Å². The molecule has 0 saturated carbocycles. The average molecular weight is 341 g/mol. The molecule has 3 aromatic rings. The summed E-state index contributed by atoms with van der Waals surface area (Å²) in [6.45, 7) is 2.15. The van der Waals surface area contributed by atoms with Gasteiger partial charge in [-0.2, -0.15) is 0 Å². The number of likely N-dealkylation sites (N-methyl/N-ethyl adjacent to an activating group) is 1. The summed E-state index contributed by atoms with van der Waals surface area (Å²) in [5.74, 6) is 0. The molecule has 0 spiro atoms. The van der Waals surface area contributed by atoms with E-state index in [0.29, 0.717) is 0 Å². The number of aromatic nitrogens is 1. The third-order valence-electron chi connectivity index (χ3n) is 4.32. The van der Waals surface area contributed by atoms with Crippen molar-refractivity contribution in [3.05, 3.63) is 64.3 Å². The van der Waals surface area contributed by atoms with Gasteiger partial charge in [-0.1, -0.05) is 34.1 Å². The number of benzene rings is 2. The Morgan fingerprint density at radius 3 is 2.67 bits per heavy atom. The van der Waals surface area contributed by atoms with Crippen LogP contribution in [0.25, 0.3) is 16.6 Å². The first-order chi connectivity index (χ1) is 10.2. The van der Waals surface area contributed by atoms with E-state index in [4.69, 9.17) is 0 Å². The number of fused-ring (bicyclic) bond motifs is 3. The molecule has 0 saturated heterocycles. The van der Waals surface area contributed by atoms with E-state index in [9.17, 15) is 0 Å². The van der Waals surface area contributed by atoms with E-state index in [1.807, 2.05) is 0 Å². The molecule has 1 aromatic heterocycles. The summed E-state index contributed by atoms with van der Waals surface area (Å²) in [5, 5.41) is 1.37. The number of rotatable bonds is 1. The highest BCUT2D eigenvalue weighted by Crippen LogP contribution is 2.34. The number of nitrogens with zero attached hydrogens (tertiary/aromatic N) is 2. The molecule has 2 nitrogen and oxygen atoms in total. The first-order valence-corrected chi connectivity index (χ1v) is 8.09. The lowest BCUT2D eigenvalue weighted by molar-refractivity contribution is 0.311. The van der Waals surface area contributed by atoms with Crippen LogP contribution in [-0.2, 0) is 13.0 Å². The quantitative estimate of drug-likeness (QED) is 0.638. The lowest BCUT2D eigenvalue weighted by Gasteiger charge is -2.24. The molecule has 0 fully saturated rings. The summed E-state index contributed by atoms with van der Waals surface area (Å²) < 4.78 is 3.58. The summed E-state index contributed by atoms with van der Waals surface area (Å²) in [6, 6.07) is 17.3. The van der Waals surface area contributed by atoms with Crippen molar-refractivity contribution in [1.29, 1.82) is 0 Å². The zero-order valence-electron chi connectivity index (χ0n) is 12.0. The van der Waals surface area contributed by atoms with Gasteiger partial charge in [0, 0.05) is 40.8 Å². The minimum Gasteiger partial charge on any atom is -0.313 e. The fourth-order valence-electron chi connectivity index (χ4n) is 3.34. The van der Waals surface area contributed by atoms with Crippen molar-refractivity contribution in [2.45, 2.75) is 13.0 Å². The van der Waals surface area contributed by atoms with Crippen molar-refractivity contribution in [1.82, 2.24) is 9.47 Å². The second-order valence-electron chi connectivity index (χ2n) is 5.75. The number of hydrogen-bond acceptors (Lipinski definition) is 1. The average Bonchev–Trinajstić information content (AvgIpc) is 2.81. The van der Waals surface area contributed by atoms with Crippen LogP contribution in [0.4, 0.5) is 0 Å². The van der Waals surface area contributed by atoms with Gasteiger partial charge >= 0.3 is 0 Å². The van der Waals surface area contributed by atoms with Crippen LogP contribution in [0.5, 0.6) is 0 Å². The van der Waals surface area contributed by atoms with Gasteiger partial charge in [0.1, 0.15) is 0 Å². The van der Waals surface area contributed by atoms with Crippen molar-refractivity contribution < 1.29 is 0 Å². The lowest BCUT2D eigenvalue weighted by atomic mass is 10.1. The highest BCUT2D eigenvalue weighted by molar-refractivity contribution is 9.10. The van der Waals surface area contributed by atoms with Crippen molar-refractivity contribution in [2.24, 2.45) is 0 Å². The third kappa shape index (κ3) is 2.12. The summed E-state index contributed by atoms with van der Waals surface area (Å²) in [7, 11) is 2.20. The molecule has 3 heteroatoms. The Labute approximate surface area is 133 Å². The molecular formula is C18H17BrN2. The standard InChI is InChI=1S/C18H17BrN2/c1-20-10-9-18-16(12-20)15-11-13(19)7-8-17(15)21(18)14-5-3-2-4-6-14/h2-8,11H,9-10,12H2,1H3. The van der Waals surface area contributed by atoms with Gasteiger partial charge in [0.15, 0.2) is 0 Å². The van der Waals surface area contributed by atoms with Gasteiger partial charge in [-0.3, -0.25) is 0 Å². The van der Waals surface area contributed by atoms with Crippen LogP contribution in [0.1, 0.15) is 11.3 Å².